The van der Waals surface area contributed by atoms with Gasteiger partial charge >= 0.3 is 5.97 Å². The van der Waals surface area contributed by atoms with Gasteiger partial charge in [-0.1, -0.05) is 6.07 Å². The third-order valence-corrected chi connectivity index (χ3v) is 1.81. The first-order chi connectivity index (χ1) is 7.22. The Bertz CT molecular complexity index is 325. The summed E-state index contributed by atoms with van der Waals surface area (Å²) in [6.45, 7) is 2.97. The van der Waals surface area contributed by atoms with Crippen LogP contribution in [-0.4, -0.2) is 24.2 Å². The molecule has 82 valence electrons. The molecule has 0 unspecified atom stereocenters. The zero-order valence-corrected chi connectivity index (χ0v) is 8.69. The minimum absolute atomic E-state index is 0.110. The van der Waals surface area contributed by atoms with Crippen LogP contribution in [0, 0.1) is 0 Å². The third kappa shape index (κ3) is 4.35. The molecular weight excluding hydrogens is 194 g/mol. The average Bonchev–Trinajstić information content (AvgIpc) is 2.18. The summed E-state index contributed by atoms with van der Waals surface area (Å²) in [4.78, 5) is 10.3. The highest BCUT2D eigenvalue weighted by molar-refractivity contribution is 5.67. The van der Waals surface area contributed by atoms with E-state index in [4.69, 9.17) is 9.84 Å². The molecule has 1 aromatic carbocycles. The minimum atomic E-state index is -0.802. The van der Waals surface area contributed by atoms with Crippen molar-refractivity contribution in [1.29, 1.82) is 0 Å². The lowest BCUT2D eigenvalue weighted by Gasteiger charge is -2.07. The topological polar surface area (TPSA) is 58.6 Å². The molecule has 4 nitrogen and oxygen atoms in total. The highest BCUT2D eigenvalue weighted by Crippen LogP contribution is 2.16. The van der Waals surface area contributed by atoms with Gasteiger partial charge in [-0.2, -0.15) is 0 Å². The first kappa shape index (κ1) is 11.4. The van der Waals surface area contributed by atoms with E-state index in [2.05, 4.69) is 5.32 Å². The van der Waals surface area contributed by atoms with Crippen LogP contribution < -0.4 is 10.1 Å². The van der Waals surface area contributed by atoms with Crippen molar-refractivity contribution >= 4 is 11.7 Å². The van der Waals surface area contributed by atoms with Crippen LogP contribution in [0.1, 0.15) is 13.3 Å². The number of carboxylic acid groups (broad SMARTS) is 1. The van der Waals surface area contributed by atoms with Gasteiger partial charge in [0.25, 0.3) is 0 Å². The molecular formula is C11H15NO3. The Hall–Kier alpha value is -1.71. The molecule has 0 atom stereocenters. The van der Waals surface area contributed by atoms with Crippen LogP contribution in [0.3, 0.4) is 0 Å². The maximum Gasteiger partial charge on any atom is 0.305 e. The maximum atomic E-state index is 10.3. The molecule has 1 rings (SSSR count). The molecule has 0 heterocycles. The molecule has 2 N–H and O–H groups in total. The van der Waals surface area contributed by atoms with E-state index >= 15 is 0 Å². The lowest BCUT2D eigenvalue weighted by atomic mass is 10.3. The minimum Gasteiger partial charge on any atom is -0.494 e. The lowest BCUT2D eigenvalue weighted by molar-refractivity contribution is -0.136. The van der Waals surface area contributed by atoms with Crippen molar-refractivity contribution in [2.24, 2.45) is 0 Å². The van der Waals surface area contributed by atoms with Crippen molar-refractivity contribution in [1.82, 2.24) is 0 Å². The van der Waals surface area contributed by atoms with Gasteiger partial charge in [-0.15, -0.1) is 0 Å². The Morgan fingerprint density at radius 2 is 2.33 bits per heavy atom. The summed E-state index contributed by atoms with van der Waals surface area (Å²) in [5.41, 5.74) is 0.877. The number of hydrogen-bond donors (Lipinski definition) is 2. The van der Waals surface area contributed by atoms with Crippen LogP contribution in [0.25, 0.3) is 0 Å². The van der Waals surface area contributed by atoms with Crippen molar-refractivity contribution in [2.75, 3.05) is 18.5 Å². The van der Waals surface area contributed by atoms with E-state index in [-0.39, 0.29) is 6.42 Å². The molecule has 0 fully saturated rings. The van der Waals surface area contributed by atoms with Gasteiger partial charge in [-0.05, 0) is 19.1 Å². The fraction of sp³-hybridized carbons (Fsp3) is 0.364. The Morgan fingerprint density at radius 1 is 1.53 bits per heavy atom. The molecule has 0 radical (unpaired) electrons. The largest absolute Gasteiger partial charge is 0.494 e. The van der Waals surface area contributed by atoms with E-state index in [0.29, 0.717) is 13.2 Å². The van der Waals surface area contributed by atoms with Crippen LogP contribution in [0.2, 0.25) is 0 Å². The zero-order chi connectivity index (χ0) is 11.1. The van der Waals surface area contributed by atoms with Crippen LogP contribution in [0.4, 0.5) is 5.69 Å². The second-order valence-corrected chi connectivity index (χ2v) is 3.03. The summed E-state index contributed by atoms with van der Waals surface area (Å²) in [5, 5.41) is 11.5. The molecule has 15 heavy (non-hydrogen) atoms. The standard InChI is InChI=1S/C11H15NO3/c1-2-15-10-5-3-4-9(8-10)12-7-6-11(13)14/h3-5,8,12H,2,6-7H2,1H3,(H,13,14). The fourth-order valence-electron chi connectivity index (χ4n) is 1.18. The monoisotopic (exact) mass is 209 g/mol. The number of hydrogen-bond acceptors (Lipinski definition) is 3. The van der Waals surface area contributed by atoms with Gasteiger partial charge in [0.1, 0.15) is 5.75 Å². The first-order valence-corrected chi connectivity index (χ1v) is 4.91. The number of aliphatic carboxylic acids is 1. The molecule has 0 saturated carbocycles. The number of anilines is 1. The Morgan fingerprint density at radius 3 is 3.00 bits per heavy atom. The van der Waals surface area contributed by atoms with Crippen LogP contribution >= 0.6 is 0 Å². The molecule has 0 aliphatic rings. The van der Waals surface area contributed by atoms with E-state index in [1.165, 1.54) is 0 Å². The number of carboxylic acids is 1. The molecule has 0 aliphatic carbocycles. The highest BCUT2D eigenvalue weighted by atomic mass is 16.5. The molecule has 0 aliphatic heterocycles. The van der Waals surface area contributed by atoms with Gasteiger partial charge < -0.3 is 15.2 Å². The van der Waals surface area contributed by atoms with Crippen LogP contribution in [0.5, 0.6) is 5.75 Å². The average molecular weight is 209 g/mol. The van der Waals surface area contributed by atoms with E-state index in [9.17, 15) is 4.79 Å². The van der Waals surface area contributed by atoms with Crippen molar-refractivity contribution in [3.05, 3.63) is 24.3 Å². The smallest absolute Gasteiger partial charge is 0.305 e. The molecule has 0 bridgehead atoms. The maximum absolute atomic E-state index is 10.3. The predicted molar refractivity (Wildman–Crippen MR) is 58.4 cm³/mol. The second kappa shape index (κ2) is 5.90. The summed E-state index contributed by atoms with van der Waals surface area (Å²) in [7, 11) is 0. The summed E-state index contributed by atoms with van der Waals surface area (Å²) in [5.74, 6) is -0.0127. The molecule has 4 heteroatoms. The first-order valence-electron chi connectivity index (χ1n) is 4.91. The van der Waals surface area contributed by atoms with Crippen molar-refractivity contribution < 1.29 is 14.6 Å². The fourth-order valence-corrected chi connectivity index (χ4v) is 1.18. The Kier molecular flexibility index (Phi) is 4.47. The predicted octanol–water partition coefficient (Wildman–Crippen LogP) is 1.97. The number of rotatable bonds is 6. The quantitative estimate of drug-likeness (QED) is 0.752. The van der Waals surface area contributed by atoms with Crippen molar-refractivity contribution in [2.45, 2.75) is 13.3 Å². The van der Waals surface area contributed by atoms with Gasteiger partial charge in [0, 0.05) is 18.3 Å². The van der Waals surface area contributed by atoms with E-state index in [1.807, 2.05) is 31.2 Å². The van der Waals surface area contributed by atoms with E-state index < -0.39 is 5.97 Å². The molecule has 0 aromatic heterocycles. The third-order valence-electron chi connectivity index (χ3n) is 1.81. The normalized spacial score (nSPS) is 9.67. The van der Waals surface area contributed by atoms with Crippen LogP contribution in [-0.2, 0) is 4.79 Å². The van der Waals surface area contributed by atoms with Gasteiger partial charge in [-0.3, -0.25) is 4.79 Å². The summed E-state index contributed by atoms with van der Waals surface area (Å²) in [6, 6.07) is 7.47. The Labute approximate surface area is 88.9 Å². The molecule has 1 aromatic rings. The Balaban J connectivity index is 2.46. The van der Waals surface area contributed by atoms with Gasteiger partial charge in [0.2, 0.25) is 0 Å². The number of ether oxygens (including phenoxy) is 1. The lowest BCUT2D eigenvalue weighted by Crippen LogP contribution is -2.07. The highest BCUT2D eigenvalue weighted by Gasteiger charge is 1.98. The SMILES string of the molecule is CCOc1cccc(NCCC(=O)O)c1. The van der Waals surface area contributed by atoms with E-state index in [0.717, 1.165) is 11.4 Å². The molecule has 0 saturated heterocycles. The summed E-state index contributed by atoms with van der Waals surface area (Å²) in [6.07, 6.45) is 0.110. The summed E-state index contributed by atoms with van der Waals surface area (Å²) >= 11 is 0. The number of carbonyl (C=O) groups is 1. The summed E-state index contributed by atoms with van der Waals surface area (Å²) < 4.78 is 5.32. The van der Waals surface area contributed by atoms with Crippen molar-refractivity contribution in [3.63, 3.8) is 0 Å². The zero-order valence-electron chi connectivity index (χ0n) is 8.69. The second-order valence-electron chi connectivity index (χ2n) is 3.03. The number of benzene rings is 1. The van der Waals surface area contributed by atoms with Gasteiger partial charge in [0.05, 0.1) is 13.0 Å². The van der Waals surface area contributed by atoms with Crippen LogP contribution in [0.15, 0.2) is 24.3 Å². The molecule has 0 amide bonds. The van der Waals surface area contributed by atoms with Gasteiger partial charge in [-0.25, -0.2) is 0 Å². The molecule has 0 spiro atoms. The van der Waals surface area contributed by atoms with E-state index in [1.54, 1.807) is 0 Å². The van der Waals surface area contributed by atoms with Crippen molar-refractivity contribution in [3.8, 4) is 5.75 Å². The number of nitrogens with one attached hydrogen (secondary N) is 1. The van der Waals surface area contributed by atoms with Gasteiger partial charge in [0.15, 0.2) is 0 Å².